The van der Waals surface area contributed by atoms with Gasteiger partial charge in [-0.3, -0.25) is 4.79 Å². The molecule has 1 atom stereocenters. The third-order valence-corrected chi connectivity index (χ3v) is 8.06. The van der Waals surface area contributed by atoms with Crippen LogP contribution in [0.4, 0.5) is 0 Å². The first-order valence-corrected chi connectivity index (χ1v) is 12.9. The zero-order valence-corrected chi connectivity index (χ0v) is 19.1. The summed E-state index contributed by atoms with van der Waals surface area (Å²) in [6.45, 7) is 1.23. The summed E-state index contributed by atoms with van der Waals surface area (Å²) < 4.78 is 27.2. The Morgan fingerprint density at radius 2 is 1.69 bits per heavy atom. The van der Waals surface area contributed by atoms with Gasteiger partial charge in [-0.1, -0.05) is 66.7 Å². The van der Waals surface area contributed by atoms with Crippen LogP contribution in [0, 0.1) is 5.92 Å². The molecule has 0 unspecified atom stereocenters. The minimum absolute atomic E-state index is 0.0673. The Labute approximate surface area is 190 Å². The van der Waals surface area contributed by atoms with Gasteiger partial charge in [0.15, 0.2) is 0 Å². The summed E-state index contributed by atoms with van der Waals surface area (Å²) in [4.78, 5) is 12.8. The standard InChI is InChI=1S/C26H30N2O3S/c29-26(27-19-22-14-15-23-11-4-5-12-24(23)18-22)25-13-6-16-28(20-25)32(30,31)17-7-10-21-8-2-1-3-9-21/h1-5,8-9,11-12,14-15,18,25H,6-7,10,13,16-17,19-20H2,(H,27,29)/t25-/m0/s1. The van der Waals surface area contributed by atoms with Crippen molar-refractivity contribution < 1.29 is 13.2 Å². The van der Waals surface area contributed by atoms with Crippen molar-refractivity contribution in [2.24, 2.45) is 5.92 Å². The Balaban J connectivity index is 1.29. The maximum atomic E-state index is 12.8. The average Bonchev–Trinajstić information content (AvgIpc) is 2.83. The smallest absolute Gasteiger partial charge is 0.224 e. The first-order valence-electron chi connectivity index (χ1n) is 11.3. The number of fused-ring (bicyclic) bond motifs is 1. The lowest BCUT2D eigenvalue weighted by molar-refractivity contribution is -0.126. The second-order valence-corrected chi connectivity index (χ2v) is 10.6. The summed E-state index contributed by atoms with van der Waals surface area (Å²) in [5.41, 5.74) is 2.19. The Morgan fingerprint density at radius 1 is 0.938 bits per heavy atom. The Bertz CT molecular complexity index is 1160. The van der Waals surface area contributed by atoms with Crippen LogP contribution in [0.2, 0.25) is 0 Å². The van der Waals surface area contributed by atoms with Crippen molar-refractivity contribution in [2.45, 2.75) is 32.2 Å². The van der Waals surface area contributed by atoms with E-state index in [0.29, 0.717) is 25.9 Å². The van der Waals surface area contributed by atoms with E-state index >= 15 is 0 Å². The summed E-state index contributed by atoms with van der Waals surface area (Å²) >= 11 is 0. The zero-order chi connectivity index (χ0) is 22.4. The number of benzene rings is 3. The van der Waals surface area contributed by atoms with E-state index in [0.717, 1.165) is 29.4 Å². The summed E-state index contributed by atoms with van der Waals surface area (Å²) in [5, 5.41) is 5.32. The normalized spacial score (nSPS) is 17.3. The number of carbonyl (C=O) groups is 1. The summed E-state index contributed by atoms with van der Waals surface area (Å²) in [7, 11) is -3.36. The maximum absolute atomic E-state index is 12.8. The molecule has 0 spiro atoms. The second kappa shape index (κ2) is 10.3. The number of nitrogens with one attached hydrogen (secondary N) is 1. The van der Waals surface area contributed by atoms with E-state index in [-0.39, 0.29) is 24.1 Å². The minimum Gasteiger partial charge on any atom is -0.352 e. The van der Waals surface area contributed by atoms with E-state index in [2.05, 4.69) is 29.6 Å². The van der Waals surface area contributed by atoms with Crippen molar-refractivity contribution >= 4 is 26.7 Å². The quantitative estimate of drug-likeness (QED) is 0.561. The van der Waals surface area contributed by atoms with Gasteiger partial charge in [0.25, 0.3) is 0 Å². The van der Waals surface area contributed by atoms with Crippen LogP contribution in [0.5, 0.6) is 0 Å². The predicted molar refractivity (Wildman–Crippen MR) is 129 cm³/mol. The van der Waals surface area contributed by atoms with Gasteiger partial charge < -0.3 is 5.32 Å². The van der Waals surface area contributed by atoms with Crippen LogP contribution in [-0.2, 0) is 27.8 Å². The Kier molecular flexibility index (Phi) is 7.22. The fourth-order valence-corrected chi connectivity index (χ4v) is 5.91. The molecule has 0 radical (unpaired) electrons. The number of sulfonamides is 1. The van der Waals surface area contributed by atoms with Crippen LogP contribution in [-0.4, -0.2) is 37.5 Å². The average molecular weight is 451 g/mol. The summed E-state index contributed by atoms with van der Waals surface area (Å²) in [6, 6.07) is 24.2. The molecule has 1 heterocycles. The van der Waals surface area contributed by atoms with Crippen LogP contribution in [0.3, 0.4) is 0 Å². The largest absolute Gasteiger partial charge is 0.352 e. The molecule has 1 fully saturated rings. The van der Waals surface area contributed by atoms with Gasteiger partial charge in [0, 0.05) is 19.6 Å². The van der Waals surface area contributed by atoms with E-state index in [1.807, 2.05) is 48.5 Å². The van der Waals surface area contributed by atoms with Gasteiger partial charge in [0.2, 0.25) is 15.9 Å². The summed E-state index contributed by atoms with van der Waals surface area (Å²) in [5.74, 6) is -0.247. The van der Waals surface area contributed by atoms with E-state index in [4.69, 9.17) is 0 Å². The molecule has 0 bridgehead atoms. The van der Waals surface area contributed by atoms with Crippen LogP contribution in [0.25, 0.3) is 10.8 Å². The number of hydrogen-bond acceptors (Lipinski definition) is 3. The molecule has 1 N–H and O–H groups in total. The van der Waals surface area contributed by atoms with Gasteiger partial charge in [-0.2, -0.15) is 0 Å². The molecule has 0 aliphatic carbocycles. The number of piperidine rings is 1. The van der Waals surface area contributed by atoms with Crippen molar-refractivity contribution in [1.82, 2.24) is 9.62 Å². The molecular formula is C26H30N2O3S. The van der Waals surface area contributed by atoms with Crippen molar-refractivity contribution in [3.8, 4) is 0 Å². The van der Waals surface area contributed by atoms with Crippen LogP contribution < -0.4 is 5.32 Å². The number of hydrogen-bond donors (Lipinski definition) is 1. The van der Waals surface area contributed by atoms with Gasteiger partial charge in [0.1, 0.15) is 0 Å². The molecule has 1 aliphatic heterocycles. The molecule has 3 aromatic rings. The van der Waals surface area contributed by atoms with E-state index < -0.39 is 10.0 Å². The predicted octanol–water partition coefficient (Wildman–Crippen LogP) is 4.13. The van der Waals surface area contributed by atoms with E-state index in [9.17, 15) is 13.2 Å². The molecule has 1 amide bonds. The van der Waals surface area contributed by atoms with Crippen molar-refractivity contribution in [3.63, 3.8) is 0 Å². The maximum Gasteiger partial charge on any atom is 0.224 e. The van der Waals surface area contributed by atoms with Gasteiger partial charge in [-0.25, -0.2) is 12.7 Å². The molecule has 6 heteroatoms. The molecule has 5 nitrogen and oxygen atoms in total. The fraction of sp³-hybridized carbons (Fsp3) is 0.346. The molecule has 168 valence electrons. The Hall–Kier alpha value is -2.70. The van der Waals surface area contributed by atoms with Crippen LogP contribution in [0.1, 0.15) is 30.4 Å². The highest BCUT2D eigenvalue weighted by molar-refractivity contribution is 7.89. The molecule has 4 rings (SSSR count). The number of amides is 1. The molecule has 0 saturated carbocycles. The first-order chi connectivity index (χ1) is 15.5. The van der Waals surface area contributed by atoms with E-state index in [1.54, 1.807) is 0 Å². The van der Waals surface area contributed by atoms with Gasteiger partial charge >= 0.3 is 0 Å². The molecule has 1 saturated heterocycles. The van der Waals surface area contributed by atoms with Gasteiger partial charge in [-0.05, 0) is 53.6 Å². The number of carbonyl (C=O) groups excluding carboxylic acids is 1. The SMILES string of the molecule is O=C(NCc1ccc2ccccc2c1)[C@H]1CCCN(S(=O)(=O)CCCc2ccccc2)C1. The van der Waals surface area contributed by atoms with Gasteiger partial charge in [0.05, 0.1) is 11.7 Å². The van der Waals surface area contributed by atoms with Crippen molar-refractivity contribution in [3.05, 3.63) is 83.9 Å². The topological polar surface area (TPSA) is 66.5 Å². The van der Waals surface area contributed by atoms with Crippen LogP contribution >= 0.6 is 0 Å². The number of nitrogens with zero attached hydrogens (tertiary/aromatic N) is 1. The zero-order valence-electron chi connectivity index (χ0n) is 18.2. The highest BCUT2D eigenvalue weighted by Gasteiger charge is 2.31. The number of rotatable bonds is 8. The first kappa shape index (κ1) is 22.5. The highest BCUT2D eigenvalue weighted by atomic mass is 32.2. The molecular weight excluding hydrogens is 420 g/mol. The van der Waals surface area contributed by atoms with Crippen LogP contribution in [0.15, 0.2) is 72.8 Å². The lowest BCUT2D eigenvalue weighted by Gasteiger charge is -2.31. The monoisotopic (exact) mass is 450 g/mol. The number of aryl methyl sites for hydroxylation is 1. The molecule has 1 aliphatic rings. The Morgan fingerprint density at radius 3 is 2.50 bits per heavy atom. The highest BCUT2D eigenvalue weighted by Crippen LogP contribution is 2.21. The third-order valence-electron chi connectivity index (χ3n) is 6.14. The minimum atomic E-state index is -3.36. The lowest BCUT2D eigenvalue weighted by atomic mass is 9.98. The fourth-order valence-electron chi connectivity index (χ4n) is 4.32. The molecule has 32 heavy (non-hydrogen) atoms. The third kappa shape index (κ3) is 5.75. The van der Waals surface area contributed by atoms with E-state index in [1.165, 1.54) is 9.69 Å². The van der Waals surface area contributed by atoms with Crippen molar-refractivity contribution in [1.29, 1.82) is 0 Å². The van der Waals surface area contributed by atoms with Crippen molar-refractivity contribution in [2.75, 3.05) is 18.8 Å². The second-order valence-electron chi connectivity index (χ2n) is 8.50. The van der Waals surface area contributed by atoms with Gasteiger partial charge in [-0.15, -0.1) is 0 Å². The lowest BCUT2D eigenvalue weighted by Crippen LogP contribution is -2.46. The summed E-state index contributed by atoms with van der Waals surface area (Å²) in [6.07, 6.45) is 2.76. The molecule has 3 aromatic carbocycles. The molecule has 0 aromatic heterocycles.